The zero-order valence-corrected chi connectivity index (χ0v) is 11.6. The lowest BCUT2D eigenvalue weighted by atomic mass is 10.1. The normalized spacial score (nSPS) is 12.2. The number of hydrogen-bond acceptors (Lipinski definition) is 3. The fraction of sp³-hybridized carbons (Fsp3) is 0.417. The van der Waals surface area contributed by atoms with E-state index in [9.17, 15) is 18.0 Å². The van der Waals surface area contributed by atoms with E-state index in [4.69, 9.17) is 5.73 Å². The fourth-order valence-corrected chi connectivity index (χ4v) is 1.20. The molecule has 114 valence electrons. The average Bonchev–Trinajstić information content (AvgIpc) is 2.35. The van der Waals surface area contributed by atoms with Crippen molar-refractivity contribution < 1.29 is 22.7 Å². The molecule has 0 saturated carbocycles. The number of alkyl halides is 3. The Bertz CT molecular complexity index is 441. The molecule has 8 heteroatoms. The molecule has 4 nitrogen and oxygen atoms in total. The van der Waals surface area contributed by atoms with Gasteiger partial charge < -0.3 is 15.8 Å². The van der Waals surface area contributed by atoms with Crippen LogP contribution in [0.5, 0.6) is 5.75 Å². The summed E-state index contributed by atoms with van der Waals surface area (Å²) >= 11 is 0. The molecule has 20 heavy (non-hydrogen) atoms. The van der Waals surface area contributed by atoms with Crippen molar-refractivity contribution in [2.75, 3.05) is 18.5 Å². The lowest BCUT2D eigenvalue weighted by Crippen LogP contribution is -2.26. The molecule has 0 aliphatic carbocycles. The van der Waals surface area contributed by atoms with E-state index in [0.717, 1.165) is 0 Å². The highest BCUT2D eigenvalue weighted by molar-refractivity contribution is 5.92. The number of rotatable bonds is 5. The molecular formula is C12H16ClF3N2O2. The minimum Gasteiger partial charge on any atom is -0.484 e. The molecule has 0 bridgehead atoms. The number of ether oxygens (including phenoxy) is 1. The number of nitrogens with one attached hydrogen (secondary N) is 1. The smallest absolute Gasteiger partial charge is 0.422 e. The Balaban J connectivity index is 0.00000361. The Morgan fingerprint density at radius 3 is 2.65 bits per heavy atom. The van der Waals surface area contributed by atoms with Gasteiger partial charge in [0.25, 0.3) is 0 Å². The fourth-order valence-electron chi connectivity index (χ4n) is 1.20. The van der Waals surface area contributed by atoms with Crippen LogP contribution in [0.1, 0.15) is 6.92 Å². The van der Waals surface area contributed by atoms with E-state index in [1.54, 1.807) is 13.0 Å². The molecule has 1 aromatic carbocycles. The van der Waals surface area contributed by atoms with Crippen molar-refractivity contribution in [3.63, 3.8) is 0 Å². The molecular weight excluding hydrogens is 297 g/mol. The van der Waals surface area contributed by atoms with Crippen molar-refractivity contribution in [3.05, 3.63) is 24.3 Å². The first-order valence-corrected chi connectivity index (χ1v) is 5.62. The minimum atomic E-state index is -4.40. The van der Waals surface area contributed by atoms with Crippen LogP contribution in [0.4, 0.5) is 18.9 Å². The van der Waals surface area contributed by atoms with Crippen LogP contribution < -0.4 is 15.8 Å². The largest absolute Gasteiger partial charge is 0.484 e. The zero-order valence-electron chi connectivity index (χ0n) is 10.7. The van der Waals surface area contributed by atoms with Crippen molar-refractivity contribution in [2.45, 2.75) is 13.1 Å². The average molecular weight is 313 g/mol. The van der Waals surface area contributed by atoms with Gasteiger partial charge in [0.2, 0.25) is 5.91 Å². The van der Waals surface area contributed by atoms with Gasteiger partial charge in [0.05, 0.1) is 0 Å². The van der Waals surface area contributed by atoms with Gasteiger partial charge in [-0.05, 0) is 12.1 Å². The first-order valence-electron chi connectivity index (χ1n) is 5.62. The Labute approximate surface area is 120 Å². The van der Waals surface area contributed by atoms with Gasteiger partial charge in [0, 0.05) is 24.2 Å². The van der Waals surface area contributed by atoms with E-state index in [1.165, 1.54) is 18.2 Å². The maximum Gasteiger partial charge on any atom is 0.422 e. The number of carbonyl (C=O) groups excluding carboxylic acids is 1. The van der Waals surface area contributed by atoms with Crippen LogP contribution in [0.15, 0.2) is 24.3 Å². The number of halogens is 4. The Kier molecular flexibility index (Phi) is 7.38. The second kappa shape index (κ2) is 7.96. The molecule has 0 spiro atoms. The van der Waals surface area contributed by atoms with Gasteiger partial charge in [-0.2, -0.15) is 13.2 Å². The summed E-state index contributed by atoms with van der Waals surface area (Å²) in [5.74, 6) is -0.634. The number of benzene rings is 1. The number of carbonyl (C=O) groups is 1. The Morgan fingerprint density at radius 1 is 1.45 bits per heavy atom. The van der Waals surface area contributed by atoms with Crippen LogP contribution in [0, 0.1) is 5.92 Å². The van der Waals surface area contributed by atoms with Gasteiger partial charge in [-0.25, -0.2) is 0 Å². The van der Waals surface area contributed by atoms with Crippen LogP contribution in [-0.4, -0.2) is 25.2 Å². The van der Waals surface area contributed by atoms with Gasteiger partial charge in [0.1, 0.15) is 5.75 Å². The van der Waals surface area contributed by atoms with Crippen molar-refractivity contribution in [1.82, 2.24) is 0 Å². The van der Waals surface area contributed by atoms with Crippen molar-refractivity contribution >= 4 is 24.0 Å². The van der Waals surface area contributed by atoms with Crippen LogP contribution in [0.2, 0.25) is 0 Å². The molecule has 0 fully saturated rings. The van der Waals surface area contributed by atoms with Gasteiger partial charge >= 0.3 is 6.18 Å². The Hall–Kier alpha value is -1.47. The number of nitrogens with two attached hydrogens (primary N) is 1. The predicted molar refractivity (Wildman–Crippen MR) is 72.1 cm³/mol. The molecule has 1 aromatic rings. The number of hydrogen-bond donors (Lipinski definition) is 2. The third kappa shape index (κ3) is 6.63. The summed E-state index contributed by atoms with van der Waals surface area (Å²) < 4.78 is 40.6. The standard InChI is InChI=1S/C12H15F3N2O2.ClH/c1-8(6-16)11(18)17-9-3-2-4-10(5-9)19-7-12(13,14)15;/h2-5,8H,6-7,16H2,1H3,(H,17,18);1H. The minimum absolute atomic E-state index is 0. The summed E-state index contributed by atoms with van der Waals surface area (Å²) in [5, 5.41) is 2.55. The summed E-state index contributed by atoms with van der Waals surface area (Å²) in [5.41, 5.74) is 5.71. The van der Waals surface area contributed by atoms with E-state index in [2.05, 4.69) is 10.1 Å². The molecule has 0 saturated heterocycles. The lowest BCUT2D eigenvalue weighted by Gasteiger charge is -2.12. The van der Waals surface area contributed by atoms with Gasteiger partial charge in [-0.3, -0.25) is 4.79 Å². The first kappa shape index (κ1) is 18.5. The monoisotopic (exact) mass is 312 g/mol. The van der Waals surface area contributed by atoms with Crippen molar-refractivity contribution in [3.8, 4) is 5.75 Å². The molecule has 0 aliphatic rings. The Morgan fingerprint density at radius 2 is 2.10 bits per heavy atom. The van der Waals surface area contributed by atoms with Crippen LogP contribution in [0.25, 0.3) is 0 Å². The molecule has 0 aromatic heterocycles. The van der Waals surface area contributed by atoms with E-state index < -0.39 is 12.8 Å². The summed E-state index contributed by atoms with van der Waals surface area (Å²) in [6.45, 7) is 0.471. The lowest BCUT2D eigenvalue weighted by molar-refractivity contribution is -0.153. The third-order valence-corrected chi connectivity index (χ3v) is 2.31. The molecule has 0 heterocycles. The van der Waals surface area contributed by atoms with Crippen LogP contribution >= 0.6 is 12.4 Å². The van der Waals surface area contributed by atoms with Gasteiger partial charge in [0.15, 0.2) is 6.61 Å². The maximum absolute atomic E-state index is 12.0. The molecule has 0 radical (unpaired) electrons. The third-order valence-electron chi connectivity index (χ3n) is 2.31. The van der Waals surface area contributed by atoms with Gasteiger partial charge in [-0.1, -0.05) is 13.0 Å². The van der Waals surface area contributed by atoms with E-state index in [0.29, 0.717) is 5.69 Å². The quantitative estimate of drug-likeness (QED) is 0.878. The van der Waals surface area contributed by atoms with Crippen molar-refractivity contribution in [1.29, 1.82) is 0 Å². The predicted octanol–water partition coefficient (Wildman–Crippen LogP) is 2.58. The molecule has 1 atom stereocenters. The maximum atomic E-state index is 12.0. The molecule has 3 N–H and O–H groups in total. The molecule has 0 aliphatic heterocycles. The summed E-state index contributed by atoms with van der Waals surface area (Å²) in [7, 11) is 0. The second-order valence-corrected chi connectivity index (χ2v) is 4.06. The van der Waals surface area contributed by atoms with Crippen molar-refractivity contribution in [2.24, 2.45) is 11.7 Å². The van der Waals surface area contributed by atoms with Crippen LogP contribution in [0.3, 0.4) is 0 Å². The molecule has 1 rings (SSSR count). The van der Waals surface area contributed by atoms with Gasteiger partial charge in [-0.15, -0.1) is 12.4 Å². The van der Waals surface area contributed by atoms with E-state index >= 15 is 0 Å². The zero-order chi connectivity index (χ0) is 14.5. The van der Waals surface area contributed by atoms with Crippen LogP contribution in [-0.2, 0) is 4.79 Å². The topological polar surface area (TPSA) is 64.4 Å². The molecule has 1 amide bonds. The molecule has 1 unspecified atom stereocenters. The van der Waals surface area contributed by atoms with E-state index in [1.807, 2.05) is 0 Å². The summed E-state index contributed by atoms with van der Waals surface area (Å²) in [6.07, 6.45) is -4.40. The number of amides is 1. The summed E-state index contributed by atoms with van der Waals surface area (Å²) in [6, 6.07) is 5.76. The number of anilines is 1. The highest BCUT2D eigenvalue weighted by Crippen LogP contribution is 2.21. The highest BCUT2D eigenvalue weighted by atomic mass is 35.5. The first-order chi connectivity index (χ1) is 8.81. The summed E-state index contributed by atoms with van der Waals surface area (Å²) in [4.78, 5) is 11.6. The SMILES string of the molecule is CC(CN)C(=O)Nc1cccc(OCC(F)(F)F)c1.Cl. The highest BCUT2D eigenvalue weighted by Gasteiger charge is 2.28. The van der Waals surface area contributed by atoms with E-state index in [-0.39, 0.29) is 36.5 Å². The second-order valence-electron chi connectivity index (χ2n) is 4.06.